The molecule has 0 aliphatic carbocycles. The number of ether oxygens (including phenoxy) is 1. The first-order valence-electron chi connectivity index (χ1n) is 12.4. The summed E-state index contributed by atoms with van der Waals surface area (Å²) in [7, 11) is 1.62. The number of carbonyl (C=O) groups excluding carboxylic acids is 2. The number of nitrogens with zero attached hydrogens (tertiary/aromatic N) is 4. The van der Waals surface area contributed by atoms with E-state index < -0.39 is 5.91 Å². The number of amides is 2. The number of aryl methyl sites for hydroxylation is 1. The summed E-state index contributed by atoms with van der Waals surface area (Å²) >= 11 is 0. The number of hydrogen-bond acceptors (Lipinski definition) is 5. The molecule has 0 N–H and O–H groups in total. The molecule has 2 amide bonds. The molecular weight excluding hydrogens is 464 g/mol. The average molecular weight is 495 g/mol. The van der Waals surface area contributed by atoms with Crippen LogP contribution >= 0.6 is 0 Å². The Kier molecular flexibility index (Phi) is 7.69. The second-order valence-corrected chi connectivity index (χ2v) is 9.03. The number of imide groups is 1. The van der Waals surface area contributed by atoms with Crippen molar-refractivity contribution in [3.63, 3.8) is 0 Å². The molecule has 37 heavy (non-hydrogen) atoms. The predicted octanol–water partition coefficient (Wildman–Crippen LogP) is 5.64. The molecular formula is C30H30N4O3. The molecule has 0 saturated heterocycles. The van der Waals surface area contributed by atoms with Gasteiger partial charge in [-0.3, -0.25) is 14.5 Å². The van der Waals surface area contributed by atoms with Gasteiger partial charge in [0.05, 0.1) is 12.8 Å². The van der Waals surface area contributed by atoms with Crippen molar-refractivity contribution in [1.82, 2.24) is 14.7 Å². The SMILES string of the molecule is CCCCCN1C(=O)C(=Cc2cn(-c3ccccc3)nc2-c2ccc(OC)cc2C)C(C)=C(C#N)C1=O. The highest BCUT2D eigenvalue weighted by Crippen LogP contribution is 2.33. The van der Waals surface area contributed by atoms with E-state index in [2.05, 4.69) is 6.92 Å². The largest absolute Gasteiger partial charge is 0.497 e. The van der Waals surface area contributed by atoms with Crippen molar-refractivity contribution in [2.24, 2.45) is 0 Å². The Bertz CT molecular complexity index is 1440. The highest BCUT2D eigenvalue weighted by Gasteiger charge is 2.35. The van der Waals surface area contributed by atoms with Gasteiger partial charge in [-0.15, -0.1) is 0 Å². The maximum Gasteiger partial charge on any atom is 0.271 e. The van der Waals surface area contributed by atoms with Crippen molar-refractivity contribution in [1.29, 1.82) is 5.26 Å². The number of unbranched alkanes of at least 4 members (excludes halogenated alkanes) is 2. The smallest absolute Gasteiger partial charge is 0.271 e. The van der Waals surface area contributed by atoms with Gasteiger partial charge in [-0.25, -0.2) is 4.68 Å². The Morgan fingerprint density at radius 2 is 1.81 bits per heavy atom. The van der Waals surface area contributed by atoms with Gasteiger partial charge in [0.2, 0.25) is 0 Å². The zero-order valence-corrected chi connectivity index (χ0v) is 21.6. The highest BCUT2D eigenvalue weighted by atomic mass is 16.5. The molecule has 0 unspecified atom stereocenters. The molecule has 4 rings (SSSR count). The van der Waals surface area contributed by atoms with Gasteiger partial charge in [0.1, 0.15) is 23.1 Å². The molecule has 188 valence electrons. The van der Waals surface area contributed by atoms with Crippen LogP contribution in [0.15, 0.2) is 71.4 Å². The van der Waals surface area contributed by atoms with E-state index in [0.717, 1.165) is 35.4 Å². The summed E-state index contributed by atoms with van der Waals surface area (Å²) in [4.78, 5) is 27.7. The number of rotatable bonds is 8. The third-order valence-corrected chi connectivity index (χ3v) is 6.56. The first-order valence-corrected chi connectivity index (χ1v) is 12.4. The monoisotopic (exact) mass is 494 g/mol. The van der Waals surface area contributed by atoms with E-state index in [-0.39, 0.29) is 18.0 Å². The summed E-state index contributed by atoms with van der Waals surface area (Å²) in [6.07, 6.45) is 6.17. The van der Waals surface area contributed by atoms with Gasteiger partial charge in [-0.05, 0) is 67.8 Å². The Labute approximate surface area is 217 Å². The number of para-hydroxylation sites is 1. The zero-order chi connectivity index (χ0) is 26.5. The molecule has 0 radical (unpaired) electrons. The molecule has 3 aromatic rings. The normalized spacial score (nSPS) is 14.9. The minimum atomic E-state index is -0.524. The molecule has 1 aromatic heterocycles. The quantitative estimate of drug-likeness (QED) is 0.230. The summed E-state index contributed by atoms with van der Waals surface area (Å²) in [5.74, 6) is -0.170. The van der Waals surface area contributed by atoms with Gasteiger partial charge in [0.25, 0.3) is 11.8 Å². The minimum Gasteiger partial charge on any atom is -0.497 e. The first-order chi connectivity index (χ1) is 17.9. The molecule has 0 atom stereocenters. The predicted molar refractivity (Wildman–Crippen MR) is 143 cm³/mol. The maximum atomic E-state index is 13.5. The molecule has 0 saturated carbocycles. The average Bonchev–Trinajstić information content (AvgIpc) is 3.33. The van der Waals surface area contributed by atoms with E-state index >= 15 is 0 Å². The van der Waals surface area contributed by atoms with Crippen LogP contribution < -0.4 is 4.74 Å². The van der Waals surface area contributed by atoms with Crippen molar-refractivity contribution < 1.29 is 14.3 Å². The van der Waals surface area contributed by atoms with E-state index in [1.807, 2.05) is 67.7 Å². The molecule has 1 aliphatic rings. The number of aromatic nitrogens is 2. The molecule has 0 fully saturated rings. The van der Waals surface area contributed by atoms with Crippen molar-refractivity contribution in [3.05, 3.63) is 82.6 Å². The third-order valence-electron chi connectivity index (χ3n) is 6.56. The van der Waals surface area contributed by atoms with E-state index in [1.54, 1.807) is 24.8 Å². The third kappa shape index (κ3) is 5.10. The number of hydrogen-bond donors (Lipinski definition) is 0. The lowest BCUT2D eigenvalue weighted by Gasteiger charge is -2.27. The lowest BCUT2D eigenvalue weighted by atomic mass is 9.92. The summed E-state index contributed by atoms with van der Waals surface area (Å²) in [5.41, 5.74) is 4.83. The lowest BCUT2D eigenvalue weighted by molar-refractivity contribution is -0.140. The van der Waals surface area contributed by atoms with Crippen molar-refractivity contribution >= 4 is 17.9 Å². The maximum absolute atomic E-state index is 13.5. The summed E-state index contributed by atoms with van der Waals surface area (Å²) in [6, 6.07) is 17.5. The number of nitriles is 1. The van der Waals surface area contributed by atoms with Gasteiger partial charge in [0, 0.05) is 29.4 Å². The van der Waals surface area contributed by atoms with E-state index in [9.17, 15) is 14.9 Å². The molecule has 2 aromatic carbocycles. The summed E-state index contributed by atoms with van der Waals surface area (Å²) < 4.78 is 7.14. The van der Waals surface area contributed by atoms with Crippen molar-refractivity contribution in [3.8, 4) is 28.8 Å². The molecule has 0 spiro atoms. The first kappa shape index (κ1) is 25.6. The fraction of sp³-hybridized carbons (Fsp3) is 0.267. The van der Waals surface area contributed by atoms with Gasteiger partial charge < -0.3 is 4.74 Å². The Balaban J connectivity index is 1.89. The Hall–Kier alpha value is -4.44. The molecule has 7 nitrogen and oxygen atoms in total. The van der Waals surface area contributed by atoms with Crippen LogP contribution in [0.2, 0.25) is 0 Å². The van der Waals surface area contributed by atoms with Gasteiger partial charge in [-0.1, -0.05) is 38.0 Å². The van der Waals surface area contributed by atoms with E-state index in [4.69, 9.17) is 9.84 Å². The Morgan fingerprint density at radius 3 is 2.46 bits per heavy atom. The highest BCUT2D eigenvalue weighted by molar-refractivity contribution is 6.19. The van der Waals surface area contributed by atoms with E-state index in [1.165, 1.54) is 4.90 Å². The fourth-order valence-corrected chi connectivity index (χ4v) is 4.45. The van der Waals surface area contributed by atoms with Gasteiger partial charge >= 0.3 is 0 Å². The molecule has 1 aliphatic heterocycles. The van der Waals surface area contributed by atoms with Crippen LogP contribution in [0.1, 0.15) is 44.2 Å². The second-order valence-electron chi connectivity index (χ2n) is 9.03. The molecule has 2 heterocycles. The Morgan fingerprint density at radius 1 is 1.05 bits per heavy atom. The van der Waals surface area contributed by atoms with Gasteiger partial charge in [0.15, 0.2) is 0 Å². The number of carbonyl (C=O) groups is 2. The standard InChI is InChI=1S/C30H30N4O3/c1-5-6-10-15-33-29(35)26(21(3)27(18-31)30(33)36)17-22-19-34(23-11-8-7-9-12-23)32-28(22)25-14-13-24(37-4)16-20(25)2/h7-9,11-14,16-17,19H,5-6,10,15H2,1-4H3. The van der Waals surface area contributed by atoms with Crippen LogP contribution in [-0.2, 0) is 9.59 Å². The molecule has 0 bridgehead atoms. The fourth-order valence-electron chi connectivity index (χ4n) is 4.45. The minimum absolute atomic E-state index is 0.0000206. The molecule has 7 heteroatoms. The van der Waals surface area contributed by atoms with Crippen LogP contribution in [0.5, 0.6) is 5.75 Å². The zero-order valence-electron chi connectivity index (χ0n) is 21.6. The van der Waals surface area contributed by atoms with Crippen molar-refractivity contribution in [2.45, 2.75) is 40.0 Å². The van der Waals surface area contributed by atoms with Crippen molar-refractivity contribution in [2.75, 3.05) is 13.7 Å². The summed E-state index contributed by atoms with van der Waals surface area (Å²) in [5, 5.41) is 14.6. The van der Waals surface area contributed by atoms with Gasteiger partial charge in [-0.2, -0.15) is 10.4 Å². The lowest BCUT2D eigenvalue weighted by Crippen LogP contribution is -2.43. The second kappa shape index (κ2) is 11.1. The summed E-state index contributed by atoms with van der Waals surface area (Å²) in [6.45, 7) is 5.98. The topological polar surface area (TPSA) is 88.2 Å². The number of methoxy groups -OCH3 is 1. The number of benzene rings is 2. The van der Waals surface area contributed by atoms with Crippen LogP contribution in [0.25, 0.3) is 23.0 Å². The van der Waals surface area contributed by atoms with E-state index in [0.29, 0.717) is 28.8 Å². The van der Waals surface area contributed by atoms with Crippen LogP contribution in [0, 0.1) is 18.3 Å². The van der Waals surface area contributed by atoms with Crippen LogP contribution in [0.3, 0.4) is 0 Å². The van der Waals surface area contributed by atoms with Crippen LogP contribution in [-0.4, -0.2) is 40.1 Å². The van der Waals surface area contributed by atoms with Crippen LogP contribution in [0.4, 0.5) is 0 Å².